The number of rotatable bonds is 5. The smallest absolute Gasteiger partial charge is 0.269 e. The van der Waals surface area contributed by atoms with E-state index in [0.717, 1.165) is 26.2 Å². The summed E-state index contributed by atoms with van der Waals surface area (Å²) < 4.78 is 0. The van der Waals surface area contributed by atoms with Crippen molar-refractivity contribution in [3.63, 3.8) is 0 Å². The lowest BCUT2D eigenvalue weighted by molar-refractivity contribution is -0.384. The Morgan fingerprint density at radius 3 is 2.36 bits per heavy atom. The zero-order valence-corrected chi connectivity index (χ0v) is 13.5. The van der Waals surface area contributed by atoms with Crippen LogP contribution in [0, 0.1) is 10.1 Å². The van der Waals surface area contributed by atoms with E-state index >= 15 is 0 Å². The van der Waals surface area contributed by atoms with Crippen LogP contribution in [0.25, 0.3) is 0 Å². The standard InChI is InChI=1S/C16H18N6O3/c23-15(19-13-2-4-14(5-3-13)22(24)25)12-20-8-10-21(11-9-20)16-17-6-1-7-18-16/h1-7H,8-12H2,(H,19,23). The molecule has 0 unspecified atom stereocenters. The number of hydrogen-bond acceptors (Lipinski definition) is 7. The topological polar surface area (TPSA) is 104 Å². The highest BCUT2D eigenvalue weighted by Gasteiger charge is 2.20. The third-order valence-electron chi connectivity index (χ3n) is 3.94. The molecule has 1 amide bonds. The highest BCUT2D eigenvalue weighted by molar-refractivity contribution is 5.92. The van der Waals surface area contributed by atoms with Crippen LogP contribution in [0.15, 0.2) is 42.7 Å². The molecule has 0 atom stereocenters. The number of anilines is 2. The number of nitro benzene ring substituents is 1. The molecule has 1 aromatic heterocycles. The molecule has 0 radical (unpaired) electrons. The second-order valence-corrected chi connectivity index (χ2v) is 5.66. The van der Waals surface area contributed by atoms with Gasteiger partial charge in [0.1, 0.15) is 0 Å². The van der Waals surface area contributed by atoms with Crippen LogP contribution in [0.5, 0.6) is 0 Å². The maximum absolute atomic E-state index is 12.1. The Morgan fingerprint density at radius 1 is 1.12 bits per heavy atom. The minimum atomic E-state index is -0.471. The van der Waals surface area contributed by atoms with Gasteiger partial charge in [-0.1, -0.05) is 0 Å². The van der Waals surface area contributed by atoms with E-state index in [4.69, 9.17) is 0 Å². The first kappa shape index (κ1) is 16.8. The highest BCUT2D eigenvalue weighted by Crippen LogP contribution is 2.15. The van der Waals surface area contributed by atoms with Crippen LogP contribution >= 0.6 is 0 Å². The number of hydrogen-bond donors (Lipinski definition) is 1. The first-order valence-electron chi connectivity index (χ1n) is 7.90. The number of piperazine rings is 1. The SMILES string of the molecule is O=C(CN1CCN(c2ncccn2)CC1)Nc1ccc([N+](=O)[O-])cc1. The fourth-order valence-electron chi connectivity index (χ4n) is 2.63. The van der Waals surface area contributed by atoms with Crippen LogP contribution in [-0.4, -0.2) is 58.4 Å². The number of benzene rings is 1. The Morgan fingerprint density at radius 2 is 1.76 bits per heavy atom. The van der Waals surface area contributed by atoms with Crippen molar-refractivity contribution in [2.24, 2.45) is 0 Å². The van der Waals surface area contributed by atoms with Crippen molar-refractivity contribution in [3.8, 4) is 0 Å². The zero-order valence-electron chi connectivity index (χ0n) is 13.5. The van der Waals surface area contributed by atoms with Crippen LogP contribution in [0.1, 0.15) is 0 Å². The van der Waals surface area contributed by atoms with Gasteiger partial charge in [-0.15, -0.1) is 0 Å². The fourth-order valence-corrected chi connectivity index (χ4v) is 2.63. The summed E-state index contributed by atoms with van der Waals surface area (Å²) in [5.41, 5.74) is 0.546. The first-order chi connectivity index (χ1) is 12.1. The van der Waals surface area contributed by atoms with Crippen LogP contribution in [-0.2, 0) is 4.79 Å². The molecule has 0 aliphatic carbocycles. The molecule has 1 saturated heterocycles. The Kier molecular flexibility index (Phi) is 5.14. The molecule has 3 rings (SSSR count). The zero-order chi connectivity index (χ0) is 17.6. The van der Waals surface area contributed by atoms with Crippen LogP contribution in [0.2, 0.25) is 0 Å². The molecule has 130 valence electrons. The van der Waals surface area contributed by atoms with Gasteiger partial charge in [0.25, 0.3) is 5.69 Å². The molecule has 0 saturated carbocycles. The van der Waals surface area contributed by atoms with Gasteiger partial charge in [0.15, 0.2) is 0 Å². The second kappa shape index (κ2) is 7.67. The van der Waals surface area contributed by atoms with Crippen LogP contribution < -0.4 is 10.2 Å². The van der Waals surface area contributed by atoms with Gasteiger partial charge >= 0.3 is 0 Å². The van der Waals surface area contributed by atoms with Crippen molar-refractivity contribution in [3.05, 3.63) is 52.8 Å². The summed E-state index contributed by atoms with van der Waals surface area (Å²) in [6, 6.07) is 7.58. The number of amides is 1. The average molecular weight is 342 g/mol. The number of nitro groups is 1. The molecular formula is C16H18N6O3. The molecule has 2 aromatic rings. The Bertz CT molecular complexity index is 729. The van der Waals surface area contributed by atoms with Crippen LogP contribution in [0.4, 0.5) is 17.3 Å². The molecule has 2 heterocycles. The number of nitrogens with one attached hydrogen (secondary N) is 1. The minimum Gasteiger partial charge on any atom is -0.338 e. The molecule has 9 heteroatoms. The molecule has 0 spiro atoms. The lowest BCUT2D eigenvalue weighted by atomic mass is 10.2. The molecule has 9 nitrogen and oxygen atoms in total. The van der Waals surface area contributed by atoms with E-state index in [0.29, 0.717) is 11.6 Å². The molecule has 1 aromatic carbocycles. The summed E-state index contributed by atoms with van der Waals surface area (Å²) in [4.78, 5) is 34.9. The normalized spacial score (nSPS) is 15.0. The number of aromatic nitrogens is 2. The molecule has 1 aliphatic heterocycles. The van der Waals surface area contributed by atoms with Gasteiger partial charge in [0.2, 0.25) is 11.9 Å². The predicted octanol–water partition coefficient (Wildman–Crippen LogP) is 1.15. The third kappa shape index (κ3) is 4.48. The van der Waals surface area contributed by atoms with Gasteiger partial charge in [-0.2, -0.15) is 0 Å². The quantitative estimate of drug-likeness (QED) is 0.642. The van der Waals surface area contributed by atoms with Gasteiger partial charge < -0.3 is 10.2 Å². The van der Waals surface area contributed by atoms with E-state index in [-0.39, 0.29) is 18.1 Å². The second-order valence-electron chi connectivity index (χ2n) is 5.66. The summed E-state index contributed by atoms with van der Waals surface area (Å²) >= 11 is 0. The van der Waals surface area contributed by atoms with Gasteiger partial charge in [0, 0.05) is 56.4 Å². The van der Waals surface area contributed by atoms with Crippen molar-refractivity contribution < 1.29 is 9.72 Å². The van der Waals surface area contributed by atoms with Gasteiger partial charge in [-0.05, 0) is 18.2 Å². The monoisotopic (exact) mass is 342 g/mol. The summed E-state index contributed by atoms with van der Waals surface area (Å²) in [6.07, 6.45) is 3.43. The van der Waals surface area contributed by atoms with E-state index in [1.165, 1.54) is 24.3 Å². The largest absolute Gasteiger partial charge is 0.338 e. The van der Waals surface area contributed by atoms with E-state index < -0.39 is 4.92 Å². The van der Waals surface area contributed by atoms with Crippen molar-refractivity contribution in [1.82, 2.24) is 14.9 Å². The molecule has 1 N–H and O–H groups in total. The molecule has 1 aliphatic rings. The van der Waals surface area contributed by atoms with Gasteiger partial charge in [0.05, 0.1) is 11.5 Å². The number of nitrogens with zero attached hydrogens (tertiary/aromatic N) is 5. The summed E-state index contributed by atoms with van der Waals surface area (Å²) in [7, 11) is 0. The molecular weight excluding hydrogens is 324 g/mol. The van der Waals surface area contributed by atoms with Crippen molar-refractivity contribution in [2.75, 3.05) is 42.9 Å². The number of carbonyl (C=O) groups excluding carboxylic acids is 1. The van der Waals surface area contributed by atoms with Gasteiger partial charge in [-0.25, -0.2) is 9.97 Å². The highest BCUT2D eigenvalue weighted by atomic mass is 16.6. The Hall–Kier alpha value is -3.07. The lowest BCUT2D eigenvalue weighted by Crippen LogP contribution is -2.49. The summed E-state index contributed by atoms with van der Waals surface area (Å²) in [5, 5.41) is 13.4. The molecule has 0 bridgehead atoms. The van der Waals surface area contributed by atoms with Crippen molar-refractivity contribution in [1.29, 1.82) is 0 Å². The fraction of sp³-hybridized carbons (Fsp3) is 0.312. The van der Waals surface area contributed by atoms with E-state index in [2.05, 4.69) is 25.1 Å². The molecule has 1 fully saturated rings. The number of carbonyl (C=O) groups is 1. The van der Waals surface area contributed by atoms with E-state index in [1.54, 1.807) is 18.5 Å². The van der Waals surface area contributed by atoms with Gasteiger partial charge in [-0.3, -0.25) is 19.8 Å². The minimum absolute atomic E-state index is 0.00254. The Balaban J connectivity index is 1.47. The maximum atomic E-state index is 12.1. The van der Waals surface area contributed by atoms with Crippen molar-refractivity contribution in [2.45, 2.75) is 0 Å². The average Bonchev–Trinajstić information content (AvgIpc) is 2.63. The summed E-state index contributed by atoms with van der Waals surface area (Å²) in [5.74, 6) is 0.566. The van der Waals surface area contributed by atoms with Crippen molar-refractivity contribution >= 4 is 23.2 Å². The van der Waals surface area contributed by atoms with E-state index in [9.17, 15) is 14.9 Å². The summed E-state index contributed by atoms with van der Waals surface area (Å²) in [6.45, 7) is 3.28. The van der Waals surface area contributed by atoms with Crippen LogP contribution in [0.3, 0.4) is 0 Å². The molecule has 25 heavy (non-hydrogen) atoms. The lowest BCUT2D eigenvalue weighted by Gasteiger charge is -2.34. The predicted molar refractivity (Wildman–Crippen MR) is 92.4 cm³/mol. The first-order valence-corrected chi connectivity index (χ1v) is 7.90. The maximum Gasteiger partial charge on any atom is 0.269 e. The third-order valence-corrected chi connectivity index (χ3v) is 3.94. The van der Waals surface area contributed by atoms with E-state index in [1.807, 2.05) is 0 Å². The Labute approximate surface area is 144 Å². The number of non-ortho nitro benzene ring substituents is 1.